The number of imidazole rings is 1. The zero-order valence-corrected chi connectivity index (χ0v) is 12.3. The smallest absolute Gasteiger partial charge is 0.111 e. The van der Waals surface area contributed by atoms with Crippen LogP contribution in [0.15, 0.2) is 24.3 Å². The van der Waals surface area contributed by atoms with Gasteiger partial charge in [0.15, 0.2) is 0 Å². The average Bonchev–Trinajstić information content (AvgIpc) is 2.83. The van der Waals surface area contributed by atoms with Gasteiger partial charge in [-0.15, -0.1) is 0 Å². The van der Waals surface area contributed by atoms with Crippen molar-refractivity contribution in [1.29, 1.82) is 0 Å². The number of likely N-dealkylation sites (tertiary alicyclic amines) is 1. The van der Waals surface area contributed by atoms with Gasteiger partial charge in [-0.2, -0.15) is 0 Å². The molecule has 104 valence electrons. The van der Waals surface area contributed by atoms with Crippen molar-refractivity contribution in [3.8, 4) is 0 Å². The van der Waals surface area contributed by atoms with E-state index in [4.69, 9.17) is 0 Å². The van der Waals surface area contributed by atoms with E-state index in [0.29, 0.717) is 5.92 Å². The predicted molar refractivity (Wildman–Crippen MR) is 81.5 cm³/mol. The molecule has 0 radical (unpaired) electrons. The van der Waals surface area contributed by atoms with E-state index >= 15 is 0 Å². The molecular weight excluding hydrogens is 234 g/mol. The summed E-state index contributed by atoms with van der Waals surface area (Å²) in [4.78, 5) is 10.5. The quantitative estimate of drug-likeness (QED) is 0.845. The van der Waals surface area contributed by atoms with E-state index in [1.807, 2.05) is 6.07 Å². The molecule has 1 aliphatic rings. The molecule has 19 heavy (non-hydrogen) atoms. The second kappa shape index (κ2) is 6.71. The molecule has 0 bridgehead atoms. The first-order valence-corrected chi connectivity index (χ1v) is 7.37. The zero-order chi connectivity index (χ0) is 13.7. The van der Waals surface area contributed by atoms with Gasteiger partial charge in [-0.25, -0.2) is 4.98 Å². The molecule has 1 N–H and O–H groups in total. The molecule has 1 atom stereocenters. The average molecular weight is 259 g/mol. The van der Waals surface area contributed by atoms with Crippen LogP contribution in [0.4, 0.5) is 0 Å². The monoisotopic (exact) mass is 259 g/mol. The number of aromatic nitrogens is 2. The third-order valence-corrected chi connectivity index (χ3v) is 3.42. The lowest BCUT2D eigenvalue weighted by atomic mass is 9.98. The minimum absolute atomic E-state index is 0.575. The SMILES string of the molecule is CCC.CN1CCCC(c2nc3ccccc3[nH]2)C1. The maximum Gasteiger partial charge on any atom is 0.111 e. The Morgan fingerprint density at radius 2 is 2.05 bits per heavy atom. The minimum atomic E-state index is 0.575. The Balaban J connectivity index is 0.000000408. The summed E-state index contributed by atoms with van der Waals surface area (Å²) in [5.41, 5.74) is 2.25. The van der Waals surface area contributed by atoms with Crippen LogP contribution < -0.4 is 0 Å². The Bertz CT molecular complexity index is 470. The summed E-state index contributed by atoms with van der Waals surface area (Å²) in [6.07, 6.45) is 3.78. The molecule has 0 spiro atoms. The molecule has 1 fully saturated rings. The highest BCUT2D eigenvalue weighted by molar-refractivity contribution is 5.74. The lowest BCUT2D eigenvalue weighted by Crippen LogP contribution is -2.31. The summed E-state index contributed by atoms with van der Waals surface area (Å²) < 4.78 is 0. The lowest BCUT2D eigenvalue weighted by molar-refractivity contribution is 0.246. The first-order chi connectivity index (χ1) is 9.24. The number of fused-ring (bicyclic) bond motifs is 1. The highest BCUT2D eigenvalue weighted by Crippen LogP contribution is 2.25. The van der Waals surface area contributed by atoms with E-state index in [9.17, 15) is 0 Å². The van der Waals surface area contributed by atoms with Crippen molar-refractivity contribution in [2.75, 3.05) is 20.1 Å². The van der Waals surface area contributed by atoms with Crippen molar-refractivity contribution in [2.45, 2.75) is 39.0 Å². The molecule has 2 aromatic rings. The predicted octanol–water partition coefficient (Wildman–Crippen LogP) is 3.79. The van der Waals surface area contributed by atoms with Crippen molar-refractivity contribution in [3.05, 3.63) is 30.1 Å². The molecule has 2 heterocycles. The van der Waals surface area contributed by atoms with Crippen molar-refractivity contribution >= 4 is 11.0 Å². The first kappa shape index (κ1) is 14.1. The summed E-state index contributed by atoms with van der Waals surface area (Å²) >= 11 is 0. The van der Waals surface area contributed by atoms with Crippen LogP contribution in [0.25, 0.3) is 11.0 Å². The minimum Gasteiger partial charge on any atom is -0.342 e. The number of benzene rings is 1. The number of H-pyrrole nitrogens is 1. The van der Waals surface area contributed by atoms with Gasteiger partial charge < -0.3 is 9.88 Å². The van der Waals surface area contributed by atoms with Crippen LogP contribution in [-0.2, 0) is 0 Å². The van der Waals surface area contributed by atoms with Gasteiger partial charge in [0.05, 0.1) is 11.0 Å². The van der Waals surface area contributed by atoms with Crippen molar-refractivity contribution in [2.24, 2.45) is 0 Å². The summed E-state index contributed by atoms with van der Waals surface area (Å²) in [6.45, 7) is 6.59. The van der Waals surface area contributed by atoms with E-state index in [1.54, 1.807) is 0 Å². The van der Waals surface area contributed by atoms with Crippen LogP contribution in [0.1, 0.15) is 44.9 Å². The third kappa shape index (κ3) is 3.57. The number of nitrogens with zero attached hydrogens (tertiary/aromatic N) is 2. The molecule has 1 unspecified atom stereocenters. The van der Waals surface area contributed by atoms with Gasteiger partial charge in [0, 0.05) is 12.5 Å². The van der Waals surface area contributed by atoms with E-state index in [-0.39, 0.29) is 0 Å². The van der Waals surface area contributed by atoms with Crippen LogP contribution >= 0.6 is 0 Å². The fourth-order valence-corrected chi connectivity index (χ4v) is 2.56. The lowest BCUT2D eigenvalue weighted by Gasteiger charge is -2.28. The summed E-state index contributed by atoms with van der Waals surface area (Å²) in [6, 6.07) is 8.26. The van der Waals surface area contributed by atoms with Gasteiger partial charge >= 0.3 is 0 Å². The van der Waals surface area contributed by atoms with Crippen LogP contribution in [0.5, 0.6) is 0 Å². The first-order valence-electron chi connectivity index (χ1n) is 7.37. The molecular formula is C16H25N3. The molecule has 0 saturated carbocycles. The molecule has 1 saturated heterocycles. The Hall–Kier alpha value is -1.35. The van der Waals surface area contributed by atoms with Crippen molar-refractivity contribution in [1.82, 2.24) is 14.9 Å². The standard InChI is InChI=1S/C13H17N3.C3H8/c1-16-8-4-5-10(9-16)13-14-11-6-2-3-7-12(11)15-13;1-3-2/h2-3,6-7,10H,4-5,8-9H2,1H3,(H,14,15);3H2,1-2H3. The second-order valence-electron chi connectivity index (χ2n) is 5.45. The van der Waals surface area contributed by atoms with Crippen LogP contribution in [0.2, 0.25) is 0 Å². The van der Waals surface area contributed by atoms with Gasteiger partial charge in [0.2, 0.25) is 0 Å². The molecule has 0 amide bonds. The number of para-hydroxylation sites is 2. The molecule has 1 aliphatic heterocycles. The highest BCUT2D eigenvalue weighted by atomic mass is 15.1. The van der Waals surface area contributed by atoms with Gasteiger partial charge in [-0.05, 0) is 38.6 Å². The second-order valence-corrected chi connectivity index (χ2v) is 5.45. The molecule has 3 rings (SSSR count). The maximum absolute atomic E-state index is 4.69. The fourth-order valence-electron chi connectivity index (χ4n) is 2.56. The largest absolute Gasteiger partial charge is 0.342 e. The third-order valence-electron chi connectivity index (χ3n) is 3.42. The number of aromatic amines is 1. The van der Waals surface area contributed by atoms with Crippen molar-refractivity contribution in [3.63, 3.8) is 0 Å². The number of piperidine rings is 1. The number of likely N-dealkylation sites (N-methyl/N-ethyl adjacent to an activating group) is 1. The van der Waals surface area contributed by atoms with E-state index in [2.05, 4.69) is 54.0 Å². The summed E-state index contributed by atoms with van der Waals surface area (Å²) in [7, 11) is 2.19. The molecule has 1 aromatic carbocycles. The Morgan fingerprint density at radius 3 is 2.74 bits per heavy atom. The normalized spacial score (nSPS) is 20.1. The zero-order valence-electron chi connectivity index (χ0n) is 12.3. The Labute approximate surface area is 116 Å². The number of hydrogen-bond donors (Lipinski definition) is 1. The van der Waals surface area contributed by atoms with Gasteiger partial charge in [-0.1, -0.05) is 32.4 Å². The van der Waals surface area contributed by atoms with Crippen LogP contribution in [0.3, 0.4) is 0 Å². The molecule has 1 aromatic heterocycles. The molecule has 3 nitrogen and oxygen atoms in total. The number of nitrogens with one attached hydrogen (secondary N) is 1. The van der Waals surface area contributed by atoms with Crippen LogP contribution in [0, 0.1) is 0 Å². The Morgan fingerprint density at radius 1 is 1.32 bits per heavy atom. The highest BCUT2D eigenvalue weighted by Gasteiger charge is 2.21. The summed E-state index contributed by atoms with van der Waals surface area (Å²) in [5, 5.41) is 0. The van der Waals surface area contributed by atoms with E-state index < -0.39 is 0 Å². The van der Waals surface area contributed by atoms with Gasteiger partial charge in [-0.3, -0.25) is 0 Å². The summed E-state index contributed by atoms with van der Waals surface area (Å²) in [5.74, 6) is 1.74. The van der Waals surface area contributed by atoms with Gasteiger partial charge in [0.25, 0.3) is 0 Å². The molecule has 3 heteroatoms. The van der Waals surface area contributed by atoms with Gasteiger partial charge in [0.1, 0.15) is 5.82 Å². The number of rotatable bonds is 1. The van der Waals surface area contributed by atoms with Crippen LogP contribution in [-0.4, -0.2) is 35.0 Å². The van der Waals surface area contributed by atoms with E-state index in [1.165, 1.54) is 25.8 Å². The van der Waals surface area contributed by atoms with Crippen molar-refractivity contribution < 1.29 is 0 Å². The molecule has 0 aliphatic carbocycles. The fraction of sp³-hybridized carbons (Fsp3) is 0.562. The maximum atomic E-state index is 4.69. The number of hydrogen-bond acceptors (Lipinski definition) is 2. The Kier molecular flexibility index (Phi) is 4.97. The van der Waals surface area contributed by atoms with E-state index in [0.717, 1.165) is 23.4 Å². The topological polar surface area (TPSA) is 31.9 Å².